The van der Waals surface area contributed by atoms with E-state index in [1.165, 1.54) is 24.3 Å². The molecular formula is C12H15NO8. The quantitative estimate of drug-likeness (QED) is 0.400. The minimum absolute atomic E-state index is 0.177. The molecule has 2 rings (SSSR count). The third-order valence-corrected chi connectivity index (χ3v) is 3.17. The Kier molecular flexibility index (Phi) is 4.70. The van der Waals surface area contributed by atoms with E-state index < -0.39 is 42.2 Å². The summed E-state index contributed by atoms with van der Waals surface area (Å²) < 4.78 is 10.1. The molecule has 5 atom stereocenters. The second-order valence-electron chi connectivity index (χ2n) is 4.54. The third-order valence-electron chi connectivity index (χ3n) is 3.17. The van der Waals surface area contributed by atoms with Gasteiger partial charge in [0.1, 0.15) is 18.3 Å². The average Bonchev–Trinajstić information content (AvgIpc) is 2.47. The predicted molar refractivity (Wildman–Crippen MR) is 67.5 cm³/mol. The van der Waals surface area contributed by atoms with Crippen LogP contribution in [0.5, 0.6) is 5.75 Å². The number of ether oxygens (including phenoxy) is 2. The van der Waals surface area contributed by atoms with E-state index in [1.54, 1.807) is 0 Å². The zero-order valence-corrected chi connectivity index (χ0v) is 10.8. The summed E-state index contributed by atoms with van der Waals surface area (Å²) >= 11 is 0. The maximum Gasteiger partial charge on any atom is 0.310 e. The van der Waals surface area contributed by atoms with Gasteiger partial charge in [-0.25, -0.2) is 0 Å². The molecule has 0 aliphatic carbocycles. The van der Waals surface area contributed by atoms with Gasteiger partial charge in [0.25, 0.3) is 0 Å². The SMILES string of the molecule is O=[N+]([O-])c1ccccc1O[C@H]1[C@@H](O)[C@H](O)[C@@H](CO)O[C@H]1O. The van der Waals surface area contributed by atoms with E-state index in [-0.39, 0.29) is 11.4 Å². The minimum Gasteiger partial charge on any atom is -0.475 e. The van der Waals surface area contributed by atoms with Gasteiger partial charge in [-0.15, -0.1) is 0 Å². The van der Waals surface area contributed by atoms with Crippen LogP contribution >= 0.6 is 0 Å². The summed E-state index contributed by atoms with van der Waals surface area (Å²) in [6.07, 6.45) is -7.32. The van der Waals surface area contributed by atoms with Crippen LogP contribution in [0, 0.1) is 10.1 Å². The molecule has 1 aliphatic rings. The van der Waals surface area contributed by atoms with Gasteiger partial charge in [0, 0.05) is 6.07 Å². The number of para-hydroxylation sites is 2. The number of aliphatic hydroxyl groups is 4. The van der Waals surface area contributed by atoms with E-state index in [1.807, 2.05) is 0 Å². The number of hydrogen-bond donors (Lipinski definition) is 4. The Bertz CT molecular complexity index is 510. The van der Waals surface area contributed by atoms with Crippen molar-refractivity contribution in [1.82, 2.24) is 0 Å². The number of hydrogen-bond acceptors (Lipinski definition) is 8. The summed E-state index contributed by atoms with van der Waals surface area (Å²) in [4.78, 5) is 10.2. The van der Waals surface area contributed by atoms with Crippen molar-refractivity contribution in [2.75, 3.05) is 6.61 Å². The fourth-order valence-electron chi connectivity index (χ4n) is 2.05. The molecule has 0 unspecified atom stereocenters. The Morgan fingerprint density at radius 3 is 2.52 bits per heavy atom. The molecule has 0 bridgehead atoms. The highest BCUT2D eigenvalue weighted by Gasteiger charge is 2.45. The van der Waals surface area contributed by atoms with Gasteiger partial charge in [-0.1, -0.05) is 12.1 Å². The van der Waals surface area contributed by atoms with Crippen LogP contribution in [0.1, 0.15) is 0 Å². The van der Waals surface area contributed by atoms with E-state index in [2.05, 4.69) is 0 Å². The Balaban J connectivity index is 2.21. The van der Waals surface area contributed by atoms with Crippen LogP contribution < -0.4 is 4.74 Å². The van der Waals surface area contributed by atoms with Crippen molar-refractivity contribution in [3.05, 3.63) is 34.4 Å². The molecule has 116 valence electrons. The Hall–Kier alpha value is -1.78. The molecule has 1 aromatic rings. The molecule has 1 aliphatic heterocycles. The van der Waals surface area contributed by atoms with Gasteiger partial charge in [0.05, 0.1) is 11.5 Å². The zero-order valence-electron chi connectivity index (χ0n) is 10.8. The fourth-order valence-corrected chi connectivity index (χ4v) is 2.05. The van der Waals surface area contributed by atoms with Crippen molar-refractivity contribution < 1.29 is 34.8 Å². The summed E-state index contributed by atoms with van der Waals surface area (Å²) in [5.41, 5.74) is -0.351. The first kappa shape index (κ1) is 15.6. The van der Waals surface area contributed by atoms with E-state index in [9.17, 15) is 25.4 Å². The average molecular weight is 301 g/mol. The highest BCUT2D eigenvalue weighted by atomic mass is 16.7. The van der Waals surface area contributed by atoms with Crippen LogP contribution in [-0.2, 0) is 4.74 Å². The molecule has 1 aromatic carbocycles. The third kappa shape index (κ3) is 3.12. The molecular weight excluding hydrogens is 286 g/mol. The number of nitrogens with zero attached hydrogens (tertiary/aromatic N) is 1. The molecule has 9 nitrogen and oxygen atoms in total. The van der Waals surface area contributed by atoms with Crippen molar-refractivity contribution in [3.8, 4) is 5.75 Å². The van der Waals surface area contributed by atoms with Crippen molar-refractivity contribution in [1.29, 1.82) is 0 Å². The van der Waals surface area contributed by atoms with Crippen LogP contribution in [-0.4, -0.2) is 62.7 Å². The molecule has 21 heavy (non-hydrogen) atoms. The monoisotopic (exact) mass is 301 g/mol. The highest BCUT2D eigenvalue weighted by molar-refractivity contribution is 5.45. The van der Waals surface area contributed by atoms with Gasteiger partial charge in [-0.05, 0) is 6.07 Å². The molecule has 1 heterocycles. The summed E-state index contributed by atoms with van der Waals surface area (Å²) in [7, 11) is 0. The van der Waals surface area contributed by atoms with E-state index in [4.69, 9.17) is 14.6 Å². The second-order valence-corrected chi connectivity index (χ2v) is 4.54. The first-order valence-corrected chi connectivity index (χ1v) is 6.16. The smallest absolute Gasteiger partial charge is 0.310 e. The number of nitro benzene ring substituents is 1. The Labute approximate surface area is 119 Å². The largest absolute Gasteiger partial charge is 0.475 e. The molecule has 0 aromatic heterocycles. The summed E-state index contributed by atoms with van der Waals surface area (Å²) in [5, 5.41) is 49.2. The standard InChI is InChI=1S/C12H15NO8/c14-5-8-9(15)10(16)11(12(17)21-8)20-7-4-2-1-3-6(7)13(18)19/h1-4,8-12,14-17H,5H2/t8-,9-,10+,11+,12-/m1/s1. The van der Waals surface area contributed by atoms with Gasteiger partial charge in [0.15, 0.2) is 18.1 Å². The summed E-state index contributed by atoms with van der Waals surface area (Å²) in [6, 6.07) is 5.41. The summed E-state index contributed by atoms with van der Waals surface area (Å²) in [6.45, 7) is -0.604. The first-order chi connectivity index (χ1) is 9.95. The maximum absolute atomic E-state index is 10.9. The van der Waals surface area contributed by atoms with Crippen molar-refractivity contribution in [2.24, 2.45) is 0 Å². The van der Waals surface area contributed by atoms with Crippen LogP contribution in [0.25, 0.3) is 0 Å². The van der Waals surface area contributed by atoms with Gasteiger partial charge in [0.2, 0.25) is 0 Å². The molecule has 0 radical (unpaired) electrons. The minimum atomic E-state index is -1.65. The predicted octanol–water partition coefficient (Wildman–Crippen LogP) is -1.23. The lowest BCUT2D eigenvalue weighted by molar-refractivity contribution is -0.386. The number of rotatable bonds is 4. The highest BCUT2D eigenvalue weighted by Crippen LogP contribution is 2.30. The lowest BCUT2D eigenvalue weighted by atomic mass is 9.99. The van der Waals surface area contributed by atoms with E-state index in [0.717, 1.165) is 0 Å². The van der Waals surface area contributed by atoms with Gasteiger partial charge >= 0.3 is 5.69 Å². The number of benzene rings is 1. The zero-order chi connectivity index (χ0) is 15.6. The fraction of sp³-hybridized carbons (Fsp3) is 0.500. The maximum atomic E-state index is 10.9. The van der Waals surface area contributed by atoms with Crippen LogP contribution in [0.4, 0.5) is 5.69 Å². The Morgan fingerprint density at radius 1 is 1.24 bits per heavy atom. The van der Waals surface area contributed by atoms with Gasteiger partial charge in [-0.3, -0.25) is 10.1 Å². The van der Waals surface area contributed by atoms with Gasteiger partial charge < -0.3 is 29.9 Å². The second kappa shape index (κ2) is 6.33. The number of aliphatic hydroxyl groups excluding tert-OH is 4. The lowest BCUT2D eigenvalue weighted by Crippen LogP contribution is -2.60. The Morgan fingerprint density at radius 2 is 1.90 bits per heavy atom. The number of nitro groups is 1. The molecule has 0 saturated carbocycles. The molecule has 0 amide bonds. The lowest BCUT2D eigenvalue weighted by Gasteiger charge is -2.39. The summed E-state index contributed by atoms with van der Waals surface area (Å²) in [5.74, 6) is -0.177. The van der Waals surface area contributed by atoms with Crippen LogP contribution in [0.15, 0.2) is 24.3 Å². The van der Waals surface area contributed by atoms with Crippen LogP contribution in [0.2, 0.25) is 0 Å². The van der Waals surface area contributed by atoms with E-state index >= 15 is 0 Å². The van der Waals surface area contributed by atoms with Crippen molar-refractivity contribution in [2.45, 2.75) is 30.7 Å². The van der Waals surface area contributed by atoms with Crippen molar-refractivity contribution in [3.63, 3.8) is 0 Å². The van der Waals surface area contributed by atoms with E-state index in [0.29, 0.717) is 0 Å². The van der Waals surface area contributed by atoms with Gasteiger partial charge in [-0.2, -0.15) is 0 Å². The normalized spacial score (nSPS) is 32.7. The molecule has 4 N–H and O–H groups in total. The molecule has 1 saturated heterocycles. The molecule has 1 fully saturated rings. The van der Waals surface area contributed by atoms with Crippen molar-refractivity contribution >= 4 is 5.69 Å². The van der Waals surface area contributed by atoms with Crippen LogP contribution in [0.3, 0.4) is 0 Å². The topological polar surface area (TPSA) is 143 Å². The first-order valence-electron chi connectivity index (χ1n) is 6.16. The molecule has 0 spiro atoms. The molecule has 9 heteroatoms.